The molecule has 6 heteroatoms. The van der Waals surface area contributed by atoms with Crippen LogP contribution in [0.3, 0.4) is 0 Å². The van der Waals surface area contributed by atoms with Crippen LogP contribution in [0.4, 0.5) is 4.79 Å². The van der Waals surface area contributed by atoms with Gasteiger partial charge in [-0.3, -0.25) is 4.79 Å². The topological polar surface area (TPSA) is 66.8 Å². The van der Waals surface area contributed by atoms with Gasteiger partial charge in [0.05, 0.1) is 0 Å². The van der Waals surface area contributed by atoms with Gasteiger partial charge in [0.15, 0.2) is 0 Å². The molecule has 2 rings (SSSR count). The van der Waals surface area contributed by atoms with E-state index in [2.05, 4.69) is 41.1 Å². The maximum Gasteiger partial charge on any atom is 0.410 e. The number of likely N-dealkylation sites (tertiary alicyclic amines) is 1. The summed E-state index contributed by atoms with van der Waals surface area (Å²) in [5.74, 6) is 0.419. The van der Waals surface area contributed by atoms with Gasteiger partial charge in [-0.05, 0) is 56.9 Å². The smallest absolute Gasteiger partial charge is 0.410 e. The number of amides is 1. The largest absolute Gasteiger partial charge is 0.483 e. The minimum Gasteiger partial charge on any atom is -0.483 e. The Morgan fingerprint density at radius 2 is 2.08 bits per heavy atom. The van der Waals surface area contributed by atoms with Gasteiger partial charge in [0.1, 0.15) is 5.60 Å². The number of carboxylic acid groups (broad SMARTS) is 1. The lowest BCUT2D eigenvalue weighted by Crippen LogP contribution is -2.35. The SMILES string of the molecule is CCCc1cc(Br)ccc1[C@H]1CCN(C(=O)OC(C)(C)C)C1.O=CO. The van der Waals surface area contributed by atoms with Crippen LogP contribution in [0.15, 0.2) is 22.7 Å². The first kappa shape index (κ1) is 21.5. The van der Waals surface area contributed by atoms with Gasteiger partial charge in [0.2, 0.25) is 0 Å². The normalized spacial score (nSPS) is 16.8. The number of aryl methyl sites for hydroxylation is 1. The Hall–Kier alpha value is -1.56. The minimum absolute atomic E-state index is 0.191. The minimum atomic E-state index is -0.430. The molecular formula is C19H28BrNO4. The predicted molar refractivity (Wildman–Crippen MR) is 102 cm³/mol. The Balaban J connectivity index is 0.000000970. The molecule has 1 amide bonds. The van der Waals surface area contributed by atoms with E-state index >= 15 is 0 Å². The van der Waals surface area contributed by atoms with Crippen molar-refractivity contribution in [3.8, 4) is 0 Å². The Kier molecular flexibility index (Phi) is 8.42. The van der Waals surface area contributed by atoms with E-state index < -0.39 is 5.60 Å². The summed E-state index contributed by atoms with van der Waals surface area (Å²) in [7, 11) is 0. The molecule has 1 aromatic carbocycles. The number of halogens is 1. The third-order valence-electron chi connectivity index (χ3n) is 3.90. The lowest BCUT2D eigenvalue weighted by atomic mass is 9.91. The van der Waals surface area contributed by atoms with Crippen LogP contribution in [0.5, 0.6) is 0 Å². The fourth-order valence-electron chi connectivity index (χ4n) is 2.96. The number of rotatable bonds is 3. The maximum atomic E-state index is 12.2. The van der Waals surface area contributed by atoms with Gasteiger partial charge >= 0.3 is 6.09 Å². The molecule has 1 aliphatic rings. The van der Waals surface area contributed by atoms with Crippen LogP contribution in [0.25, 0.3) is 0 Å². The van der Waals surface area contributed by atoms with Gasteiger partial charge in [-0.15, -0.1) is 0 Å². The molecular weight excluding hydrogens is 386 g/mol. The summed E-state index contributed by atoms with van der Waals surface area (Å²) in [6, 6.07) is 6.53. The molecule has 1 aromatic rings. The third-order valence-corrected chi connectivity index (χ3v) is 4.40. The second-order valence-corrected chi connectivity index (χ2v) is 8.03. The summed E-state index contributed by atoms with van der Waals surface area (Å²) in [5.41, 5.74) is 2.35. The van der Waals surface area contributed by atoms with Crippen molar-refractivity contribution >= 4 is 28.5 Å². The van der Waals surface area contributed by atoms with Crippen molar-refractivity contribution in [2.45, 2.75) is 58.5 Å². The van der Waals surface area contributed by atoms with Gasteiger partial charge in [0, 0.05) is 23.5 Å². The first-order chi connectivity index (χ1) is 11.7. The molecule has 1 N–H and O–H groups in total. The first-order valence-corrected chi connectivity index (χ1v) is 9.35. The molecule has 1 fully saturated rings. The molecule has 5 nitrogen and oxygen atoms in total. The summed E-state index contributed by atoms with van der Waals surface area (Å²) < 4.78 is 6.61. The van der Waals surface area contributed by atoms with Gasteiger partial charge < -0.3 is 14.7 Å². The van der Waals surface area contributed by atoms with Crippen molar-refractivity contribution in [1.82, 2.24) is 4.90 Å². The van der Waals surface area contributed by atoms with E-state index in [1.54, 1.807) is 0 Å². The standard InChI is InChI=1S/C18H26BrNO2.CH2O2/c1-5-6-13-11-15(19)7-8-16(13)14-9-10-20(12-14)17(21)22-18(2,3)4;2-1-3/h7-8,11,14H,5-6,9-10,12H2,1-4H3;1H,(H,2,3)/t14-;/m0./s1. The van der Waals surface area contributed by atoms with Crippen molar-refractivity contribution in [3.63, 3.8) is 0 Å². The average Bonchev–Trinajstić information content (AvgIpc) is 2.96. The Morgan fingerprint density at radius 3 is 2.64 bits per heavy atom. The van der Waals surface area contributed by atoms with Crippen LogP contribution in [-0.2, 0) is 16.0 Å². The number of ether oxygens (including phenoxy) is 1. The van der Waals surface area contributed by atoms with Crippen LogP contribution in [-0.4, -0.2) is 41.3 Å². The van der Waals surface area contributed by atoms with E-state index in [-0.39, 0.29) is 12.6 Å². The van der Waals surface area contributed by atoms with Crippen LogP contribution in [0.2, 0.25) is 0 Å². The highest BCUT2D eigenvalue weighted by atomic mass is 79.9. The quantitative estimate of drug-likeness (QED) is 0.720. The molecule has 0 bridgehead atoms. The fraction of sp³-hybridized carbons (Fsp3) is 0.579. The van der Waals surface area contributed by atoms with Crippen molar-refractivity contribution in [1.29, 1.82) is 0 Å². The fourth-order valence-corrected chi connectivity index (χ4v) is 3.37. The van der Waals surface area contributed by atoms with Crippen LogP contribution < -0.4 is 0 Å². The van der Waals surface area contributed by atoms with Gasteiger partial charge in [-0.1, -0.05) is 35.3 Å². The van der Waals surface area contributed by atoms with E-state index in [1.807, 2.05) is 25.7 Å². The molecule has 0 unspecified atom stereocenters. The average molecular weight is 414 g/mol. The molecule has 0 aliphatic carbocycles. The number of benzene rings is 1. The molecule has 25 heavy (non-hydrogen) atoms. The molecule has 1 atom stereocenters. The zero-order valence-electron chi connectivity index (χ0n) is 15.4. The summed E-state index contributed by atoms with van der Waals surface area (Å²) in [6.45, 7) is 9.21. The number of hydrogen-bond acceptors (Lipinski definition) is 3. The van der Waals surface area contributed by atoms with E-state index in [4.69, 9.17) is 14.6 Å². The third kappa shape index (κ3) is 7.06. The van der Waals surface area contributed by atoms with Crippen LogP contribution in [0, 0.1) is 0 Å². The van der Waals surface area contributed by atoms with Crippen LogP contribution >= 0.6 is 15.9 Å². The second-order valence-electron chi connectivity index (χ2n) is 7.11. The highest BCUT2D eigenvalue weighted by Gasteiger charge is 2.31. The number of nitrogens with zero attached hydrogens (tertiary/aromatic N) is 1. The van der Waals surface area contributed by atoms with Gasteiger partial charge in [-0.25, -0.2) is 4.79 Å². The van der Waals surface area contributed by atoms with Gasteiger partial charge in [0.25, 0.3) is 6.47 Å². The number of carbonyl (C=O) groups excluding carboxylic acids is 1. The number of hydrogen-bond donors (Lipinski definition) is 1. The summed E-state index contributed by atoms with van der Waals surface area (Å²) in [4.78, 5) is 22.4. The lowest BCUT2D eigenvalue weighted by molar-refractivity contribution is -0.122. The summed E-state index contributed by atoms with van der Waals surface area (Å²) in [5, 5.41) is 6.89. The molecule has 0 aromatic heterocycles. The number of carbonyl (C=O) groups is 2. The van der Waals surface area contributed by atoms with Crippen molar-refractivity contribution in [3.05, 3.63) is 33.8 Å². The molecule has 1 saturated heterocycles. The zero-order valence-corrected chi connectivity index (χ0v) is 17.0. The zero-order chi connectivity index (χ0) is 19.0. The first-order valence-electron chi connectivity index (χ1n) is 8.56. The monoisotopic (exact) mass is 413 g/mol. The Morgan fingerprint density at radius 1 is 1.44 bits per heavy atom. The molecule has 0 spiro atoms. The van der Waals surface area contributed by atoms with E-state index in [0.29, 0.717) is 5.92 Å². The van der Waals surface area contributed by atoms with Crippen LogP contribution in [0.1, 0.15) is 57.6 Å². The molecule has 0 saturated carbocycles. The molecule has 1 aliphatic heterocycles. The van der Waals surface area contributed by atoms with E-state index in [1.165, 1.54) is 11.1 Å². The second kappa shape index (κ2) is 9.80. The van der Waals surface area contributed by atoms with Crippen molar-refractivity contribution in [2.75, 3.05) is 13.1 Å². The highest BCUT2D eigenvalue weighted by Crippen LogP contribution is 2.32. The molecule has 140 valence electrons. The van der Waals surface area contributed by atoms with Crippen molar-refractivity contribution in [2.24, 2.45) is 0 Å². The summed E-state index contributed by atoms with van der Waals surface area (Å²) in [6.07, 6.45) is 3.03. The summed E-state index contributed by atoms with van der Waals surface area (Å²) >= 11 is 3.56. The highest BCUT2D eigenvalue weighted by molar-refractivity contribution is 9.10. The molecule has 1 heterocycles. The lowest BCUT2D eigenvalue weighted by Gasteiger charge is -2.24. The Labute approximate surface area is 158 Å². The van der Waals surface area contributed by atoms with Crippen molar-refractivity contribution < 1.29 is 19.4 Å². The van der Waals surface area contributed by atoms with E-state index in [0.717, 1.165) is 36.8 Å². The van der Waals surface area contributed by atoms with E-state index in [9.17, 15) is 4.79 Å². The van der Waals surface area contributed by atoms with Gasteiger partial charge in [-0.2, -0.15) is 0 Å². The predicted octanol–water partition coefficient (Wildman–Crippen LogP) is 4.83. The Bertz CT molecular complexity index is 583. The maximum absolute atomic E-state index is 12.2. The molecule has 0 radical (unpaired) electrons.